The number of hydrogen-bond acceptors (Lipinski definition) is 3. The molecule has 1 aromatic carbocycles. The van der Waals surface area contributed by atoms with E-state index >= 15 is 0 Å². The maximum atomic E-state index is 12.0. The summed E-state index contributed by atoms with van der Waals surface area (Å²) in [4.78, 5) is 14.5. The van der Waals surface area contributed by atoms with Crippen molar-refractivity contribution in [1.29, 1.82) is 0 Å². The van der Waals surface area contributed by atoms with Crippen LogP contribution in [-0.2, 0) is 13.1 Å². The third-order valence-electron chi connectivity index (χ3n) is 3.09. The minimum absolute atomic E-state index is 0.0488. The fourth-order valence-corrected chi connectivity index (χ4v) is 2.79. The minimum atomic E-state index is -0.0488. The fourth-order valence-electron chi connectivity index (χ4n) is 1.80. The first-order chi connectivity index (χ1) is 9.10. The van der Waals surface area contributed by atoms with Gasteiger partial charge in [-0.2, -0.15) is 0 Å². The minimum Gasteiger partial charge on any atom is -0.347 e. The third-order valence-corrected chi connectivity index (χ3v) is 4.24. The van der Waals surface area contributed by atoms with Gasteiger partial charge in [0, 0.05) is 21.9 Å². The highest BCUT2D eigenvalue weighted by Crippen LogP contribution is 2.20. The first kappa shape index (κ1) is 13.8. The van der Waals surface area contributed by atoms with Crippen LogP contribution in [-0.4, -0.2) is 5.91 Å². The smallest absolute Gasteiger partial charge is 0.251 e. The molecular formula is C15H18N2OS. The Balaban J connectivity index is 1.96. The normalized spacial score (nSPS) is 10.5. The summed E-state index contributed by atoms with van der Waals surface area (Å²) in [6, 6.07) is 9.51. The monoisotopic (exact) mass is 274 g/mol. The van der Waals surface area contributed by atoms with Crippen LogP contribution >= 0.6 is 11.3 Å². The SMILES string of the molecule is Cc1cc(CNC(=O)c2ccc(CN)cc2)sc1C. The van der Waals surface area contributed by atoms with E-state index in [0.717, 1.165) is 5.56 Å². The van der Waals surface area contributed by atoms with Crippen molar-refractivity contribution in [3.05, 3.63) is 56.8 Å². The molecule has 0 fully saturated rings. The average Bonchev–Trinajstić information content (AvgIpc) is 2.75. The molecule has 1 heterocycles. The van der Waals surface area contributed by atoms with E-state index in [4.69, 9.17) is 5.73 Å². The molecule has 100 valence electrons. The van der Waals surface area contributed by atoms with Crippen LogP contribution < -0.4 is 11.1 Å². The molecule has 0 saturated carbocycles. The van der Waals surface area contributed by atoms with Gasteiger partial charge in [0.1, 0.15) is 0 Å². The summed E-state index contributed by atoms with van der Waals surface area (Å²) in [7, 11) is 0. The lowest BCUT2D eigenvalue weighted by atomic mass is 10.1. The molecule has 2 aromatic rings. The molecule has 0 saturated heterocycles. The van der Waals surface area contributed by atoms with E-state index in [0.29, 0.717) is 18.7 Å². The van der Waals surface area contributed by atoms with Crippen molar-refractivity contribution in [2.75, 3.05) is 0 Å². The average molecular weight is 274 g/mol. The van der Waals surface area contributed by atoms with E-state index < -0.39 is 0 Å². The Morgan fingerprint density at radius 1 is 1.26 bits per heavy atom. The van der Waals surface area contributed by atoms with Gasteiger partial charge in [0.2, 0.25) is 0 Å². The fraction of sp³-hybridized carbons (Fsp3) is 0.267. The predicted octanol–water partition coefficient (Wildman–Crippen LogP) is 2.75. The molecule has 0 radical (unpaired) electrons. The molecule has 3 nitrogen and oxygen atoms in total. The van der Waals surface area contributed by atoms with Gasteiger partial charge >= 0.3 is 0 Å². The summed E-state index contributed by atoms with van der Waals surface area (Å²) >= 11 is 1.73. The first-order valence-electron chi connectivity index (χ1n) is 6.23. The number of benzene rings is 1. The number of amides is 1. The predicted molar refractivity (Wildman–Crippen MR) is 79.3 cm³/mol. The van der Waals surface area contributed by atoms with Gasteiger partial charge < -0.3 is 11.1 Å². The van der Waals surface area contributed by atoms with Crippen molar-refractivity contribution in [1.82, 2.24) is 5.32 Å². The topological polar surface area (TPSA) is 55.1 Å². The van der Waals surface area contributed by atoms with E-state index in [1.165, 1.54) is 15.3 Å². The van der Waals surface area contributed by atoms with Gasteiger partial charge in [-0.3, -0.25) is 4.79 Å². The number of nitrogens with two attached hydrogens (primary N) is 1. The van der Waals surface area contributed by atoms with Crippen molar-refractivity contribution in [3.63, 3.8) is 0 Å². The summed E-state index contributed by atoms with van der Waals surface area (Å²) in [5.74, 6) is -0.0488. The van der Waals surface area contributed by atoms with Crippen molar-refractivity contribution in [2.24, 2.45) is 5.73 Å². The molecule has 0 aliphatic carbocycles. The standard InChI is InChI=1S/C15H18N2OS/c1-10-7-14(19-11(10)2)9-17-15(18)13-5-3-12(8-16)4-6-13/h3-7H,8-9,16H2,1-2H3,(H,17,18). The zero-order valence-electron chi connectivity index (χ0n) is 11.2. The Labute approximate surface area is 117 Å². The Kier molecular flexibility index (Phi) is 4.35. The van der Waals surface area contributed by atoms with Crippen LogP contribution in [0.25, 0.3) is 0 Å². The van der Waals surface area contributed by atoms with Crippen molar-refractivity contribution in [3.8, 4) is 0 Å². The highest BCUT2D eigenvalue weighted by Gasteiger charge is 2.07. The number of thiophene rings is 1. The van der Waals surface area contributed by atoms with Crippen molar-refractivity contribution in [2.45, 2.75) is 26.9 Å². The van der Waals surface area contributed by atoms with Gasteiger partial charge in [0.15, 0.2) is 0 Å². The molecule has 0 atom stereocenters. The summed E-state index contributed by atoms with van der Waals surface area (Å²) in [5.41, 5.74) is 8.50. The van der Waals surface area contributed by atoms with E-state index in [-0.39, 0.29) is 5.91 Å². The molecular weight excluding hydrogens is 256 g/mol. The van der Waals surface area contributed by atoms with Gasteiger partial charge in [0.05, 0.1) is 6.54 Å². The van der Waals surface area contributed by atoms with Gasteiger partial charge in [-0.25, -0.2) is 0 Å². The molecule has 0 unspecified atom stereocenters. The summed E-state index contributed by atoms with van der Waals surface area (Å²) in [6.07, 6.45) is 0. The van der Waals surface area contributed by atoms with Crippen LogP contribution in [0.1, 0.15) is 31.2 Å². The number of carbonyl (C=O) groups is 1. The largest absolute Gasteiger partial charge is 0.347 e. The Morgan fingerprint density at radius 2 is 1.95 bits per heavy atom. The molecule has 4 heteroatoms. The van der Waals surface area contributed by atoms with E-state index in [1.54, 1.807) is 11.3 Å². The second-order valence-corrected chi connectivity index (χ2v) is 5.88. The maximum Gasteiger partial charge on any atom is 0.251 e. The maximum absolute atomic E-state index is 12.0. The molecule has 0 aliphatic rings. The zero-order chi connectivity index (χ0) is 13.8. The third kappa shape index (κ3) is 3.43. The quantitative estimate of drug-likeness (QED) is 0.900. The van der Waals surface area contributed by atoms with Crippen LogP contribution in [0.15, 0.2) is 30.3 Å². The zero-order valence-corrected chi connectivity index (χ0v) is 12.0. The molecule has 0 spiro atoms. The van der Waals surface area contributed by atoms with Gasteiger partial charge in [0.25, 0.3) is 5.91 Å². The first-order valence-corrected chi connectivity index (χ1v) is 7.05. The van der Waals surface area contributed by atoms with Gasteiger partial charge in [-0.05, 0) is 43.2 Å². The molecule has 3 N–H and O–H groups in total. The number of aryl methyl sites for hydroxylation is 2. The number of nitrogens with one attached hydrogen (secondary N) is 1. The lowest BCUT2D eigenvalue weighted by Crippen LogP contribution is -2.22. The van der Waals surface area contributed by atoms with Crippen LogP contribution in [0.4, 0.5) is 0 Å². The van der Waals surface area contributed by atoms with E-state index in [9.17, 15) is 4.79 Å². The number of carbonyl (C=O) groups excluding carboxylic acids is 1. The highest BCUT2D eigenvalue weighted by molar-refractivity contribution is 7.12. The second-order valence-electron chi connectivity index (χ2n) is 4.54. The van der Waals surface area contributed by atoms with Crippen LogP contribution in [0.5, 0.6) is 0 Å². The summed E-state index contributed by atoms with van der Waals surface area (Å²) in [5, 5.41) is 2.93. The molecule has 1 amide bonds. The van der Waals surface area contributed by atoms with Crippen molar-refractivity contribution >= 4 is 17.2 Å². The Hall–Kier alpha value is -1.65. The molecule has 1 aromatic heterocycles. The second kappa shape index (κ2) is 5.99. The van der Waals surface area contributed by atoms with Gasteiger partial charge in [-0.15, -0.1) is 11.3 Å². The van der Waals surface area contributed by atoms with Crippen molar-refractivity contribution < 1.29 is 4.79 Å². The lowest BCUT2D eigenvalue weighted by Gasteiger charge is -2.04. The van der Waals surface area contributed by atoms with Crippen LogP contribution in [0, 0.1) is 13.8 Å². The Bertz CT molecular complexity index is 553. The molecule has 0 bridgehead atoms. The van der Waals surface area contributed by atoms with E-state index in [1.807, 2.05) is 24.3 Å². The molecule has 0 aliphatic heterocycles. The summed E-state index contributed by atoms with van der Waals surface area (Å²) in [6.45, 7) is 5.26. The Morgan fingerprint density at radius 3 is 2.47 bits per heavy atom. The molecule has 2 rings (SSSR count). The number of hydrogen-bond donors (Lipinski definition) is 2. The highest BCUT2D eigenvalue weighted by atomic mass is 32.1. The number of rotatable bonds is 4. The van der Waals surface area contributed by atoms with Crippen LogP contribution in [0.2, 0.25) is 0 Å². The van der Waals surface area contributed by atoms with E-state index in [2.05, 4.69) is 25.2 Å². The van der Waals surface area contributed by atoms with Gasteiger partial charge in [-0.1, -0.05) is 12.1 Å². The lowest BCUT2D eigenvalue weighted by molar-refractivity contribution is 0.0951. The molecule has 19 heavy (non-hydrogen) atoms. The summed E-state index contributed by atoms with van der Waals surface area (Å²) < 4.78 is 0. The van der Waals surface area contributed by atoms with Crippen LogP contribution in [0.3, 0.4) is 0 Å².